The van der Waals surface area contributed by atoms with Crippen LogP contribution in [0, 0.1) is 6.92 Å². The van der Waals surface area contributed by atoms with Crippen LogP contribution in [-0.4, -0.2) is 47.4 Å². The minimum Gasteiger partial charge on any atom is -0.497 e. The van der Waals surface area contributed by atoms with E-state index in [1.165, 1.54) is 7.11 Å². The summed E-state index contributed by atoms with van der Waals surface area (Å²) in [6, 6.07) is 11.8. The van der Waals surface area contributed by atoms with Gasteiger partial charge in [0.25, 0.3) is 0 Å². The lowest BCUT2D eigenvalue weighted by molar-refractivity contribution is -0.121. The van der Waals surface area contributed by atoms with Crippen LogP contribution in [0.5, 0.6) is 11.5 Å². The molecule has 1 atom stereocenters. The van der Waals surface area contributed by atoms with Crippen molar-refractivity contribution in [2.45, 2.75) is 26.3 Å². The maximum absolute atomic E-state index is 12.7. The third kappa shape index (κ3) is 5.87. The molecule has 0 aliphatic rings. The third-order valence-corrected chi connectivity index (χ3v) is 5.76. The van der Waals surface area contributed by atoms with Crippen molar-refractivity contribution in [2.24, 2.45) is 0 Å². The van der Waals surface area contributed by atoms with E-state index in [-0.39, 0.29) is 5.91 Å². The Kier molecular flexibility index (Phi) is 7.50. The van der Waals surface area contributed by atoms with Crippen LogP contribution >= 0.6 is 0 Å². The van der Waals surface area contributed by atoms with Gasteiger partial charge < -0.3 is 14.8 Å². The zero-order valence-electron chi connectivity index (χ0n) is 17.4. The molecule has 0 aliphatic heterocycles. The van der Waals surface area contributed by atoms with Gasteiger partial charge in [0.05, 0.1) is 26.2 Å². The molecule has 2 aromatic rings. The fraction of sp³-hybridized carbons (Fsp3) is 0.381. The van der Waals surface area contributed by atoms with Gasteiger partial charge in [0.1, 0.15) is 17.5 Å². The standard InChI is InChI=1S/C21H28N2O5S/c1-15-6-11-20(28-4)19(14-15)23(29(5,25)26)16(2)21(24)22-13-12-17-7-9-18(27-3)10-8-17/h6-11,14,16H,12-13H2,1-5H3,(H,22,24). The maximum Gasteiger partial charge on any atom is 0.243 e. The Hall–Kier alpha value is -2.74. The summed E-state index contributed by atoms with van der Waals surface area (Å²) in [5, 5.41) is 2.82. The monoisotopic (exact) mass is 420 g/mol. The normalized spacial score (nSPS) is 12.2. The second kappa shape index (κ2) is 9.65. The van der Waals surface area contributed by atoms with E-state index in [1.54, 1.807) is 26.2 Å². The predicted octanol–water partition coefficient (Wildman–Crippen LogP) is 2.53. The van der Waals surface area contributed by atoms with Crippen molar-refractivity contribution < 1.29 is 22.7 Å². The number of rotatable bonds is 9. The molecule has 0 fully saturated rings. The van der Waals surface area contributed by atoms with Gasteiger partial charge >= 0.3 is 0 Å². The molecule has 2 rings (SSSR count). The molecule has 0 aliphatic carbocycles. The number of sulfonamides is 1. The van der Waals surface area contributed by atoms with Gasteiger partial charge in [0.15, 0.2) is 0 Å². The molecule has 0 aromatic heterocycles. The highest BCUT2D eigenvalue weighted by Crippen LogP contribution is 2.32. The first-order valence-corrected chi connectivity index (χ1v) is 11.1. The highest BCUT2D eigenvalue weighted by molar-refractivity contribution is 7.92. The average Bonchev–Trinajstić information content (AvgIpc) is 2.67. The lowest BCUT2D eigenvalue weighted by atomic mass is 10.1. The molecule has 0 bridgehead atoms. The van der Waals surface area contributed by atoms with Crippen LogP contribution in [-0.2, 0) is 21.2 Å². The van der Waals surface area contributed by atoms with Crippen molar-refractivity contribution in [1.82, 2.24) is 5.32 Å². The number of carbonyl (C=O) groups excluding carboxylic acids is 1. The molecule has 1 amide bonds. The molecule has 0 saturated heterocycles. The smallest absolute Gasteiger partial charge is 0.243 e. The van der Waals surface area contributed by atoms with E-state index < -0.39 is 16.1 Å². The number of nitrogens with one attached hydrogen (secondary N) is 1. The van der Waals surface area contributed by atoms with E-state index in [0.717, 1.165) is 27.4 Å². The summed E-state index contributed by atoms with van der Waals surface area (Å²) in [6.45, 7) is 3.80. The zero-order valence-corrected chi connectivity index (χ0v) is 18.2. The fourth-order valence-electron chi connectivity index (χ4n) is 3.02. The van der Waals surface area contributed by atoms with Crippen LogP contribution < -0.4 is 19.1 Å². The summed E-state index contributed by atoms with van der Waals surface area (Å²) >= 11 is 0. The number of benzene rings is 2. The highest BCUT2D eigenvalue weighted by atomic mass is 32.2. The lowest BCUT2D eigenvalue weighted by Crippen LogP contribution is -2.48. The number of hydrogen-bond acceptors (Lipinski definition) is 5. The summed E-state index contributed by atoms with van der Waals surface area (Å²) in [7, 11) is -0.647. The summed E-state index contributed by atoms with van der Waals surface area (Å²) in [6.07, 6.45) is 1.70. The molecule has 8 heteroatoms. The van der Waals surface area contributed by atoms with Crippen LogP contribution in [0.3, 0.4) is 0 Å². The predicted molar refractivity (Wildman–Crippen MR) is 114 cm³/mol. The molecule has 0 radical (unpaired) electrons. The quantitative estimate of drug-likeness (QED) is 0.674. The van der Waals surface area contributed by atoms with E-state index in [4.69, 9.17) is 9.47 Å². The Bertz CT molecular complexity index is 942. The number of carbonyl (C=O) groups is 1. The molecular formula is C21H28N2O5S. The van der Waals surface area contributed by atoms with Gasteiger partial charge in [0.2, 0.25) is 15.9 Å². The van der Waals surface area contributed by atoms with Gasteiger partial charge in [-0.1, -0.05) is 18.2 Å². The number of anilines is 1. The number of aryl methyl sites for hydroxylation is 1. The second-order valence-electron chi connectivity index (χ2n) is 6.80. The zero-order chi connectivity index (χ0) is 21.6. The Morgan fingerprint density at radius 2 is 1.76 bits per heavy atom. The first-order chi connectivity index (χ1) is 13.7. The molecule has 0 saturated carbocycles. The molecule has 1 N–H and O–H groups in total. The van der Waals surface area contributed by atoms with Crippen LogP contribution in [0.4, 0.5) is 5.69 Å². The van der Waals surface area contributed by atoms with Crippen molar-refractivity contribution >= 4 is 21.6 Å². The largest absolute Gasteiger partial charge is 0.497 e. The van der Waals surface area contributed by atoms with Crippen molar-refractivity contribution in [1.29, 1.82) is 0 Å². The first kappa shape index (κ1) is 22.5. The van der Waals surface area contributed by atoms with Gasteiger partial charge in [0, 0.05) is 6.54 Å². The van der Waals surface area contributed by atoms with Crippen molar-refractivity contribution in [3.05, 3.63) is 53.6 Å². The van der Waals surface area contributed by atoms with Gasteiger partial charge in [-0.2, -0.15) is 0 Å². The molecule has 1 unspecified atom stereocenters. The summed E-state index contributed by atoms with van der Waals surface area (Å²) < 4.78 is 36.5. The van der Waals surface area contributed by atoms with E-state index in [9.17, 15) is 13.2 Å². The molecule has 7 nitrogen and oxygen atoms in total. The number of nitrogens with zero attached hydrogens (tertiary/aromatic N) is 1. The number of hydrogen-bond donors (Lipinski definition) is 1. The van der Waals surface area contributed by atoms with E-state index in [0.29, 0.717) is 24.4 Å². The Morgan fingerprint density at radius 1 is 1.10 bits per heavy atom. The topological polar surface area (TPSA) is 84.9 Å². The highest BCUT2D eigenvalue weighted by Gasteiger charge is 2.31. The van der Waals surface area contributed by atoms with Crippen LogP contribution in [0.25, 0.3) is 0 Å². The summed E-state index contributed by atoms with van der Waals surface area (Å²) in [4.78, 5) is 12.7. The van der Waals surface area contributed by atoms with Gasteiger partial charge in [-0.15, -0.1) is 0 Å². The van der Waals surface area contributed by atoms with Crippen molar-refractivity contribution in [3.8, 4) is 11.5 Å². The Morgan fingerprint density at radius 3 is 2.31 bits per heavy atom. The molecule has 2 aromatic carbocycles. The average molecular weight is 421 g/mol. The van der Waals surface area contributed by atoms with E-state index in [2.05, 4.69) is 5.32 Å². The molecule has 0 spiro atoms. The minimum atomic E-state index is -3.72. The Labute approximate surface area is 172 Å². The van der Waals surface area contributed by atoms with Crippen LogP contribution in [0.2, 0.25) is 0 Å². The van der Waals surface area contributed by atoms with E-state index in [1.807, 2.05) is 37.3 Å². The van der Waals surface area contributed by atoms with Gasteiger partial charge in [-0.25, -0.2) is 8.42 Å². The summed E-state index contributed by atoms with van der Waals surface area (Å²) in [5.41, 5.74) is 2.24. The second-order valence-corrected chi connectivity index (χ2v) is 8.66. The summed E-state index contributed by atoms with van der Waals surface area (Å²) in [5.74, 6) is 0.772. The van der Waals surface area contributed by atoms with E-state index >= 15 is 0 Å². The molecular weight excluding hydrogens is 392 g/mol. The number of ether oxygens (including phenoxy) is 2. The third-order valence-electron chi connectivity index (χ3n) is 4.53. The SMILES string of the molecule is COc1ccc(CCNC(=O)C(C)N(c2cc(C)ccc2OC)S(C)(=O)=O)cc1. The first-order valence-electron chi connectivity index (χ1n) is 9.22. The van der Waals surface area contributed by atoms with Gasteiger partial charge in [-0.05, 0) is 55.7 Å². The minimum absolute atomic E-state index is 0.341. The number of amides is 1. The fourth-order valence-corrected chi connectivity index (χ4v) is 4.19. The number of methoxy groups -OCH3 is 2. The molecule has 158 valence electrons. The van der Waals surface area contributed by atoms with Crippen LogP contribution in [0.15, 0.2) is 42.5 Å². The molecule has 0 heterocycles. The van der Waals surface area contributed by atoms with Crippen LogP contribution in [0.1, 0.15) is 18.1 Å². The maximum atomic E-state index is 12.7. The van der Waals surface area contributed by atoms with Gasteiger partial charge in [-0.3, -0.25) is 9.10 Å². The van der Waals surface area contributed by atoms with Crippen molar-refractivity contribution in [2.75, 3.05) is 31.3 Å². The van der Waals surface area contributed by atoms with Crippen molar-refractivity contribution in [3.63, 3.8) is 0 Å². The lowest BCUT2D eigenvalue weighted by Gasteiger charge is -2.29. The molecule has 29 heavy (non-hydrogen) atoms. The Balaban J connectivity index is 2.14.